The standard InChI is InChI=1S/C17H20N2O2S/c1-11-10-22-16(18-11)13-3-5-14(6-4-13)17(21)19-8-7-15(9-19)12(2)20/h3-6,10,12,15,20H,7-9H2,1-2H3. The van der Waals surface area contributed by atoms with Crippen molar-refractivity contribution in [1.82, 2.24) is 9.88 Å². The molecule has 1 fully saturated rings. The van der Waals surface area contributed by atoms with E-state index in [2.05, 4.69) is 4.98 Å². The Labute approximate surface area is 134 Å². The molecule has 22 heavy (non-hydrogen) atoms. The molecule has 1 aliphatic heterocycles. The molecule has 1 saturated heterocycles. The van der Waals surface area contributed by atoms with Gasteiger partial charge in [-0.2, -0.15) is 0 Å². The van der Waals surface area contributed by atoms with Crippen LogP contribution in [-0.2, 0) is 0 Å². The third kappa shape index (κ3) is 3.05. The lowest BCUT2D eigenvalue weighted by molar-refractivity contribution is 0.0762. The summed E-state index contributed by atoms with van der Waals surface area (Å²) in [6, 6.07) is 7.63. The van der Waals surface area contributed by atoms with E-state index in [0.717, 1.165) is 29.2 Å². The molecule has 1 aromatic heterocycles. The largest absolute Gasteiger partial charge is 0.393 e. The molecule has 116 valence electrons. The summed E-state index contributed by atoms with van der Waals surface area (Å²) in [5.74, 6) is 0.242. The minimum absolute atomic E-state index is 0.0463. The second kappa shape index (κ2) is 6.18. The number of carbonyl (C=O) groups excluding carboxylic acids is 1. The van der Waals surface area contributed by atoms with Crippen LogP contribution in [0.3, 0.4) is 0 Å². The zero-order valence-electron chi connectivity index (χ0n) is 12.8. The molecule has 0 saturated carbocycles. The van der Waals surface area contributed by atoms with E-state index in [1.165, 1.54) is 0 Å². The Bertz CT molecular complexity index is 664. The van der Waals surface area contributed by atoms with Crippen molar-refractivity contribution in [2.24, 2.45) is 5.92 Å². The lowest BCUT2D eigenvalue weighted by Crippen LogP contribution is -2.30. The van der Waals surface area contributed by atoms with E-state index in [1.54, 1.807) is 18.3 Å². The lowest BCUT2D eigenvalue weighted by Gasteiger charge is -2.17. The number of benzene rings is 1. The van der Waals surface area contributed by atoms with Crippen molar-refractivity contribution in [2.75, 3.05) is 13.1 Å². The van der Waals surface area contributed by atoms with Gasteiger partial charge in [-0.05, 0) is 32.4 Å². The van der Waals surface area contributed by atoms with Crippen LogP contribution in [0.1, 0.15) is 29.4 Å². The Morgan fingerprint density at radius 3 is 2.68 bits per heavy atom. The third-order valence-corrected chi connectivity index (χ3v) is 5.20. The lowest BCUT2D eigenvalue weighted by atomic mass is 10.0. The summed E-state index contributed by atoms with van der Waals surface area (Å²) >= 11 is 1.61. The maximum atomic E-state index is 12.5. The number of hydrogen-bond donors (Lipinski definition) is 1. The van der Waals surface area contributed by atoms with E-state index in [1.807, 2.05) is 41.5 Å². The van der Waals surface area contributed by atoms with Crippen molar-refractivity contribution in [1.29, 1.82) is 0 Å². The molecule has 2 atom stereocenters. The summed E-state index contributed by atoms with van der Waals surface area (Å²) in [6.07, 6.45) is 0.521. The van der Waals surface area contributed by atoms with Crippen LogP contribution in [0, 0.1) is 12.8 Å². The SMILES string of the molecule is Cc1csc(-c2ccc(C(=O)N3CCC(C(C)O)C3)cc2)n1. The van der Waals surface area contributed by atoms with E-state index in [9.17, 15) is 9.90 Å². The second-order valence-electron chi connectivity index (χ2n) is 5.91. The Hall–Kier alpha value is -1.72. The third-order valence-electron chi connectivity index (χ3n) is 4.19. The topological polar surface area (TPSA) is 53.4 Å². The zero-order chi connectivity index (χ0) is 15.7. The molecule has 1 N–H and O–H groups in total. The molecule has 1 aromatic carbocycles. The molecule has 0 bridgehead atoms. The van der Waals surface area contributed by atoms with E-state index in [4.69, 9.17) is 0 Å². The summed E-state index contributed by atoms with van der Waals surface area (Å²) in [7, 11) is 0. The Morgan fingerprint density at radius 1 is 1.41 bits per heavy atom. The van der Waals surface area contributed by atoms with Crippen molar-refractivity contribution in [3.63, 3.8) is 0 Å². The number of amides is 1. The molecule has 1 aliphatic rings. The molecule has 0 spiro atoms. The monoisotopic (exact) mass is 316 g/mol. The van der Waals surface area contributed by atoms with Gasteiger partial charge in [0.05, 0.1) is 6.10 Å². The fourth-order valence-corrected chi connectivity index (χ4v) is 3.59. The average Bonchev–Trinajstić information content (AvgIpc) is 3.16. The van der Waals surface area contributed by atoms with Crippen LogP contribution in [0.15, 0.2) is 29.6 Å². The van der Waals surface area contributed by atoms with Gasteiger partial charge in [0.15, 0.2) is 0 Å². The highest BCUT2D eigenvalue weighted by atomic mass is 32.1. The molecule has 2 heterocycles. The predicted molar refractivity (Wildman–Crippen MR) is 88.0 cm³/mol. The van der Waals surface area contributed by atoms with Gasteiger partial charge in [0.1, 0.15) is 5.01 Å². The molecular weight excluding hydrogens is 296 g/mol. The highest BCUT2D eigenvalue weighted by molar-refractivity contribution is 7.13. The number of likely N-dealkylation sites (tertiary alicyclic amines) is 1. The quantitative estimate of drug-likeness (QED) is 0.947. The number of thiazole rings is 1. The summed E-state index contributed by atoms with van der Waals surface area (Å²) in [5, 5.41) is 12.6. The van der Waals surface area contributed by atoms with Gasteiger partial charge < -0.3 is 10.0 Å². The Kier molecular flexibility index (Phi) is 4.27. The van der Waals surface area contributed by atoms with Gasteiger partial charge in [-0.3, -0.25) is 4.79 Å². The number of hydrogen-bond acceptors (Lipinski definition) is 4. The van der Waals surface area contributed by atoms with Crippen LogP contribution in [-0.4, -0.2) is 40.1 Å². The number of aliphatic hydroxyl groups excluding tert-OH is 1. The Balaban J connectivity index is 1.72. The van der Waals surface area contributed by atoms with Crippen LogP contribution in [0.4, 0.5) is 0 Å². The second-order valence-corrected chi connectivity index (χ2v) is 6.77. The maximum absolute atomic E-state index is 12.5. The van der Waals surface area contributed by atoms with Gasteiger partial charge in [-0.25, -0.2) is 4.98 Å². The molecule has 5 heteroatoms. The fraction of sp³-hybridized carbons (Fsp3) is 0.412. The first-order valence-corrected chi connectivity index (χ1v) is 8.42. The highest BCUT2D eigenvalue weighted by Crippen LogP contribution is 2.25. The Morgan fingerprint density at radius 2 is 2.14 bits per heavy atom. The number of carbonyl (C=O) groups is 1. The van der Waals surface area contributed by atoms with Crippen LogP contribution in [0.5, 0.6) is 0 Å². The highest BCUT2D eigenvalue weighted by Gasteiger charge is 2.29. The predicted octanol–water partition coefficient (Wildman–Crippen LogP) is 2.96. The number of rotatable bonds is 3. The smallest absolute Gasteiger partial charge is 0.253 e. The number of nitrogens with zero attached hydrogens (tertiary/aromatic N) is 2. The summed E-state index contributed by atoms with van der Waals surface area (Å²) < 4.78 is 0. The molecular formula is C17H20N2O2S. The van der Waals surface area contributed by atoms with Gasteiger partial charge in [0.25, 0.3) is 5.91 Å². The number of aliphatic hydroxyl groups is 1. The van der Waals surface area contributed by atoms with E-state index in [-0.39, 0.29) is 17.9 Å². The minimum Gasteiger partial charge on any atom is -0.393 e. The first kappa shape index (κ1) is 15.2. The fourth-order valence-electron chi connectivity index (χ4n) is 2.79. The van der Waals surface area contributed by atoms with Crippen LogP contribution >= 0.6 is 11.3 Å². The van der Waals surface area contributed by atoms with Crippen molar-refractivity contribution in [2.45, 2.75) is 26.4 Å². The number of aryl methyl sites for hydroxylation is 1. The molecule has 4 nitrogen and oxygen atoms in total. The van der Waals surface area contributed by atoms with Crippen molar-refractivity contribution in [3.8, 4) is 10.6 Å². The molecule has 1 amide bonds. The van der Waals surface area contributed by atoms with Gasteiger partial charge in [0, 0.05) is 41.2 Å². The first-order valence-electron chi connectivity index (χ1n) is 7.54. The van der Waals surface area contributed by atoms with Crippen LogP contribution in [0.2, 0.25) is 0 Å². The molecule has 2 aromatic rings. The summed E-state index contributed by atoms with van der Waals surface area (Å²) in [5.41, 5.74) is 2.75. The first-order chi connectivity index (χ1) is 10.5. The molecule has 0 aliphatic carbocycles. The van der Waals surface area contributed by atoms with Crippen molar-refractivity contribution in [3.05, 3.63) is 40.9 Å². The molecule has 3 rings (SSSR count). The normalized spacial score (nSPS) is 19.4. The van der Waals surface area contributed by atoms with Gasteiger partial charge in [-0.1, -0.05) is 12.1 Å². The summed E-state index contributed by atoms with van der Waals surface area (Å²) in [6.45, 7) is 5.14. The van der Waals surface area contributed by atoms with Gasteiger partial charge in [0.2, 0.25) is 0 Å². The zero-order valence-corrected chi connectivity index (χ0v) is 13.6. The van der Waals surface area contributed by atoms with Crippen LogP contribution < -0.4 is 0 Å². The maximum Gasteiger partial charge on any atom is 0.253 e. The van der Waals surface area contributed by atoms with Crippen LogP contribution in [0.25, 0.3) is 10.6 Å². The number of aromatic nitrogens is 1. The van der Waals surface area contributed by atoms with E-state index >= 15 is 0 Å². The van der Waals surface area contributed by atoms with Gasteiger partial charge >= 0.3 is 0 Å². The average molecular weight is 316 g/mol. The molecule has 2 unspecified atom stereocenters. The van der Waals surface area contributed by atoms with E-state index < -0.39 is 0 Å². The summed E-state index contributed by atoms with van der Waals surface area (Å²) in [4.78, 5) is 18.8. The molecule has 0 radical (unpaired) electrons. The minimum atomic E-state index is -0.353. The van der Waals surface area contributed by atoms with E-state index in [0.29, 0.717) is 12.1 Å². The van der Waals surface area contributed by atoms with Crippen molar-refractivity contribution >= 4 is 17.2 Å². The van der Waals surface area contributed by atoms with Gasteiger partial charge in [-0.15, -0.1) is 11.3 Å². The van der Waals surface area contributed by atoms with Crippen molar-refractivity contribution < 1.29 is 9.90 Å².